The van der Waals surface area contributed by atoms with Crippen LogP contribution in [0.2, 0.25) is 0 Å². The first-order chi connectivity index (χ1) is 7.92. The topological polar surface area (TPSA) is 191 Å². The summed E-state index contributed by atoms with van der Waals surface area (Å²) in [7, 11) is -9.77. The van der Waals surface area contributed by atoms with E-state index < -0.39 is 46.9 Å². The van der Waals surface area contributed by atoms with Gasteiger partial charge in [-0.1, -0.05) is 0 Å². The standard InChI is InChI=1S/C5H12O11P2/c6-3(1-15-17(9,10)11)5(8)4(7)2-16-18(12,13)14/h3,5-6,8H,1-2H2,(H2,9,10,11)(H2,12,13,14). The molecule has 18 heavy (non-hydrogen) atoms. The van der Waals surface area contributed by atoms with Crippen LogP contribution < -0.4 is 0 Å². The van der Waals surface area contributed by atoms with Gasteiger partial charge in [0.1, 0.15) is 18.8 Å². The number of hydrogen-bond acceptors (Lipinski definition) is 7. The molecule has 2 atom stereocenters. The van der Waals surface area contributed by atoms with Crippen LogP contribution in [0.3, 0.4) is 0 Å². The molecule has 0 aromatic carbocycles. The Kier molecular flexibility index (Phi) is 6.75. The Hall–Kier alpha value is -0.190. The van der Waals surface area contributed by atoms with Gasteiger partial charge in [-0.15, -0.1) is 0 Å². The van der Waals surface area contributed by atoms with Gasteiger partial charge in [-0.2, -0.15) is 0 Å². The van der Waals surface area contributed by atoms with E-state index in [-0.39, 0.29) is 0 Å². The summed E-state index contributed by atoms with van der Waals surface area (Å²) < 4.78 is 28.1. The number of carbonyl (C=O) groups is 1. The molecule has 0 heterocycles. The van der Waals surface area contributed by atoms with Crippen molar-refractivity contribution in [3.8, 4) is 0 Å². The molecule has 0 bridgehead atoms. The summed E-state index contributed by atoms with van der Waals surface area (Å²) in [6.45, 7) is -2.23. The lowest BCUT2D eigenvalue weighted by atomic mass is 10.1. The van der Waals surface area contributed by atoms with E-state index >= 15 is 0 Å². The predicted octanol–water partition coefficient (Wildman–Crippen LogP) is -2.50. The van der Waals surface area contributed by atoms with Crippen molar-refractivity contribution in [1.29, 1.82) is 0 Å². The minimum Gasteiger partial charge on any atom is -0.388 e. The predicted molar refractivity (Wildman–Crippen MR) is 53.0 cm³/mol. The summed E-state index contributed by atoms with van der Waals surface area (Å²) in [4.78, 5) is 44.1. The molecular weight excluding hydrogens is 298 g/mol. The van der Waals surface area contributed by atoms with Gasteiger partial charge < -0.3 is 29.8 Å². The fourth-order valence-electron chi connectivity index (χ4n) is 0.712. The molecule has 0 saturated heterocycles. The van der Waals surface area contributed by atoms with Gasteiger partial charge in [-0.05, 0) is 0 Å². The molecule has 0 aromatic rings. The van der Waals surface area contributed by atoms with Crippen LogP contribution >= 0.6 is 15.6 Å². The first-order valence-electron chi connectivity index (χ1n) is 4.21. The van der Waals surface area contributed by atoms with Gasteiger partial charge in [0.15, 0.2) is 5.78 Å². The maximum absolute atomic E-state index is 11.0. The molecule has 0 aromatic heterocycles. The molecule has 0 spiro atoms. The molecule has 0 fully saturated rings. The average molecular weight is 310 g/mol. The Morgan fingerprint density at radius 3 is 1.83 bits per heavy atom. The lowest BCUT2D eigenvalue weighted by molar-refractivity contribution is -0.136. The number of Topliss-reactive ketones (excluding diaryl/α,β-unsaturated/α-hetero) is 1. The zero-order chi connectivity index (χ0) is 14.6. The minimum atomic E-state index is -4.90. The number of ketones is 1. The molecule has 11 nitrogen and oxygen atoms in total. The zero-order valence-electron chi connectivity index (χ0n) is 8.69. The Morgan fingerprint density at radius 2 is 1.44 bits per heavy atom. The van der Waals surface area contributed by atoms with Crippen LogP contribution in [-0.4, -0.2) is 61.0 Å². The quantitative estimate of drug-likeness (QED) is 0.259. The van der Waals surface area contributed by atoms with Crippen LogP contribution in [0.1, 0.15) is 0 Å². The second-order valence-electron chi connectivity index (χ2n) is 3.03. The number of aliphatic hydroxyl groups excluding tert-OH is 2. The molecule has 0 aliphatic carbocycles. The second-order valence-corrected chi connectivity index (χ2v) is 5.51. The van der Waals surface area contributed by atoms with E-state index in [4.69, 9.17) is 29.8 Å². The van der Waals surface area contributed by atoms with E-state index in [0.29, 0.717) is 0 Å². The van der Waals surface area contributed by atoms with Gasteiger partial charge in [-0.25, -0.2) is 9.13 Å². The lowest BCUT2D eigenvalue weighted by Crippen LogP contribution is -2.38. The van der Waals surface area contributed by atoms with Crippen LogP contribution in [0.4, 0.5) is 0 Å². The fourth-order valence-corrected chi connectivity index (χ4v) is 1.35. The molecule has 0 radical (unpaired) electrons. The van der Waals surface area contributed by atoms with Gasteiger partial charge in [0, 0.05) is 0 Å². The summed E-state index contributed by atoms with van der Waals surface area (Å²) in [5, 5.41) is 18.2. The van der Waals surface area contributed by atoms with Crippen LogP contribution in [0, 0.1) is 0 Å². The monoisotopic (exact) mass is 310 g/mol. The highest BCUT2D eigenvalue weighted by Crippen LogP contribution is 2.36. The number of hydrogen-bond donors (Lipinski definition) is 6. The van der Waals surface area contributed by atoms with E-state index in [9.17, 15) is 13.9 Å². The maximum atomic E-state index is 11.0. The minimum absolute atomic E-state index is 1.05. The van der Waals surface area contributed by atoms with E-state index in [1.807, 2.05) is 0 Å². The van der Waals surface area contributed by atoms with Crippen molar-refractivity contribution < 1.29 is 52.8 Å². The van der Waals surface area contributed by atoms with Crippen LogP contribution in [0.25, 0.3) is 0 Å². The molecule has 0 saturated carbocycles. The zero-order valence-corrected chi connectivity index (χ0v) is 10.5. The van der Waals surface area contributed by atoms with Crippen LogP contribution in [0.15, 0.2) is 0 Å². The first-order valence-corrected chi connectivity index (χ1v) is 7.27. The van der Waals surface area contributed by atoms with Crippen molar-refractivity contribution in [2.75, 3.05) is 13.2 Å². The highest BCUT2D eigenvalue weighted by atomic mass is 31.2. The van der Waals surface area contributed by atoms with E-state index in [2.05, 4.69) is 9.05 Å². The van der Waals surface area contributed by atoms with E-state index in [1.54, 1.807) is 0 Å². The van der Waals surface area contributed by atoms with Crippen LogP contribution in [-0.2, 0) is 23.0 Å². The average Bonchev–Trinajstić information content (AvgIpc) is 2.19. The Balaban J connectivity index is 4.21. The highest BCUT2D eigenvalue weighted by molar-refractivity contribution is 7.46. The van der Waals surface area contributed by atoms with Crippen molar-refractivity contribution >= 4 is 21.4 Å². The molecule has 2 unspecified atom stereocenters. The number of rotatable bonds is 8. The molecule has 6 N–H and O–H groups in total. The number of aliphatic hydroxyl groups is 2. The molecule has 108 valence electrons. The smallest absolute Gasteiger partial charge is 0.388 e. The van der Waals surface area contributed by atoms with Crippen molar-refractivity contribution in [3.05, 3.63) is 0 Å². The van der Waals surface area contributed by atoms with Crippen molar-refractivity contribution in [1.82, 2.24) is 0 Å². The summed E-state index contributed by atoms with van der Waals surface area (Å²) in [5.41, 5.74) is 0. The van der Waals surface area contributed by atoms with Gasteiger partial charge >= 0.3 is 15.6 Å². The van der Waals surface area contributed by atoms with Crippen molar-refractivity contribution in [3.63, 3.8) is 0 Å². The molecule has 0 amide bonds. The number of carbonyl (C=O) groups excluding carboxylic acids is 1. The third kappa shape index (κ3) is 8.84. The molecule has 0 aliphatic rings. The normalized spacial score (nSPS) is 16.3. The summed E-state index contributed by atoms with van der Waals surface area (Å²) in [6.07, 6.45) is -4.14. The first kappa shape index (κ1) is 17.8. The molecular formula is C5H12O11P2. The summed E-state index contributed by atoms with van der Waals surface area (Å²) >= 11 is 0. The number of phosphoric ester groups is 2. The van der Waals surface area contributed by atoms with Gasteiger partial charge in [0.25, 0.3) is 0 Å². The van der Waals surface area contributed by atoms with Crippen LogP contribution in [0.5, 0.6) is 0 Å². The van der Waals surface area contributed by atoms with E-state index in [0.717, 1.165) is 0 Å². The third-order valence-corrected chi connectivity index (χ3v) is 2.43. The lowest BCUT2D eigenvalue weighted by Gasteiger charge is -2.17. The molecule has 0 rings (SSSR count). The number of phosphoric acid groups is 2. The van der Waals surface area contributed by atoms with E-state index in [1.165, 1.54) is 0 Å². The Morgan fingerprint density at radius 1 is 1.00 bits per heavy atom. The summed E-state index contributed by atoms with van der Waals surface area (Å²) in [5.74, 6) is -1.29. The fraction of sp³-hybridized carbons (Fsp3) is 0.800. The second kappa shape index (κ2) is 6.83. The van der Waals surface area contributed by atoms with Crippen molar-refractivity contribution in [2.24, 2.45) is 0 Å². The van der Waals surface area contributed by atoms with Gasteiger partial charge in [0.2, 0.25) is 0 Å². The Labute approximate surface area is 100 Å². The third-order valence-electron chi connectivity index (χ3n) is 1.48. The highest BCUT2D eigenvalue weighted by Gasteiger charge is 2.29. The Bertz CT molecular complexity index is 368. The maximum Gasteiger partial charge on any atom is 0.470 e. The SMILES string of the molecule is O=C(COP(=O)(O)O)C(O)C(O)COP(=O)(O)O. The summed E-state index contributed by atoms with van der Waals surface area (Å²) in [6, 6.07) is 0. The van der Waals surface area contributed by atoms with Gasteiger partial charge in [-0.3, -0.25) is 13.8 Å². The molecule has 0 aliphatic heterocycles. The van der Waals surface area contributed by atoms with Gasteiger partial charge in [0.05, 0.1) is 6.61 Å². The molecule has 13 heteroatoms. The van der Waals surface area contributed by atoms with Crippen molar-refractivity contribution in [2.45, 2.75) is 12.2 Å². The largest absolute Gasteiger partial charge is 0.470 e.